The number of hydrogen-bond acceptors (Lipinski definition) is 4. The van der Waals surface area contributed by atoms with Gasteiger partial charge in [-0.3, -0.25) is 4.79 Å². The second-order valence-electron chi connectivity index (χ2n) is 6.45. The molecule has 0 N–H and O–H groups in total. The Morgan fingerprint density at radius 1 is 1.00 bits per heavy atom. The average molecular weight is 282 g/mol. The molecular weight excluding hydrogens is 252 g/mol. The standard InChI is InChI=1S/C15H30N4O/c1-16-7-4-14(5-8-16)18(3)9-6-15(20)19-12-10-17(2)11-13-19/h14H,4-13H2,1-3H3. The van der Waals surface area contributed by atoms with Crippen LogP contribution < -0.4 is 0 Å². The van der Waals surface area contributed by atoms with Crippen LogP contribution in [0, 0.1) is 0 Å². The molecule has 2 saturated heterocycles. The van der Waals surface area contributed by atoms with Gasteiger partial charge < -0.3 is 19.6 Å². The van der Waals surface area contributed by atoms with Crippen molar-refractivity contribution in [2.45, 2.75) is 25.3 Å². The number of amides is 1. The van der Waals surface area contributed by atoms with Crippen LogP contribution in [0.15, 0.2) is 0 Å². The maximum Gasteiger partial charge on any atom is 0.223 e. The van der Waals surface area contributed by atoms with E-state index in [4.69, 9.17) is 0 Å². The van der Waals surface area contributed by atoms with Gasteiger partial charge in [0.05, 0.1) is 0 Å². The maximum atomic E-state index is 12.2. The van der Waals surface area contributed by atoms with Gasteiger partial charge in [0, 0.05) is 45.2 Å². The van der Waals surface area contributed by atoms with Gasteiger partial charge in [-0.2, -0.15) is 0 Å². The van der Waals surface area contributed by atoms with Crippen LogP contribution in [0.25, 0.3) is 0 Å². The van der Waals surface area contributed by atoms with E-state index in [1.54, 1.807) is 0 Å². The van der Waals surface area contributed by atoms with E-state index in [9.17, 15) is 4.79 Å². The molecule has 0 aromatic heterocycles. The van der Waals surface area contributed by atoms with Crippen LogP contribution in [0.4, 0.5) is 0 Å². The summed E-state index contributed by atoms with van der Waals surface area (Å²) < 4.78 is 0. The molecule has 1 amide bonds. The third kappa shape index (κ3) is 4.43. The summed E-state index contributed by atoms with van der Waals surface area (Å²) in [5, 5.41) is 0. The van der Waals surface area contributed by atoms with Crippen LogP contribution in [0.3, 0.4) is 0 Å². The number of piperazine rings is 1. The summed E-state index contributed by atoms with van der Waals surface area (Å²) in [6.07, 6.45) is 3.14. The number of likely N-dealkylation sites (tertiary alicyclic amines) is 1. The minimum Gasteiger partial charge on any atom is -0.340 e. The first-order chi connectivity index (χ1) is 9.56. The first kappa shape index (κ1) is 15.7. The van der Waals surface area contributed by atoms with Gasteiger partial charge in [-0.15, -0.1) is 0 Å². The van der Waals surface area contributed by atoms with E-state index in [1.165, 1.54) is 25.9 Å². The van der Waals surface area contributed by atoms with Crippen molar-refractivity contribution < 1.29 is 4.79 Å². The smallest absolute Gasteiger partial charge is 0.223 e. The highest BCUT2D eigenvalue weighted by Crippen LogP contribution is 2.14. The number of likely N-dealkylation sites (N-methyl/N-ethyl adjacent to an activating group) is 1. The molecule has 0 unspecified atom stereocenters. The average Bonchev–Trinajstić information content (AvgIpc) is 2.46. The van der Waals surface area contributed by atoms with Crippen molar-refractivity contribution in [2.75, 3.05) is 67.0 Å². The fourth-order valence-electron chi connectivity index (χ4n) is 3.10. The lowest BCUT2D eigenvalue weighted by Crippen LogP contribution is -2.48. The van der Waals surface area contributed by atoms with Crippen LogP contribution in [-0.2, 0) is 4.79 Å². The summed E-state index contributed by atoms with van der Waals surface area (Å²) >= 11 is 0. The molecule has 2 rings (SSSR count). The molecule has 2 aliphatic rings. The maximum absolute atomic E-state index is 12.2. The highest BCUT2D eigenvalue weighted by molar-refractivity contribution is 5.76. The zero-order chi connectivity index (χ0) is 14.5. The largest absolute Gasteiger partial charge is 0.340 e. The third-order valence-electron chi connectivity index (χ3n) is 4.85. The zero-order valence-electron chi connectivity index (χ0n) is 13.3. The van der Waals surface area contributed by atoms with Crippen molar-refractivity contribution in [3.8, 4) is 0 Å². The second kappa shape index (κ2) is 7.38. The minimum absolute atomic E-state index is 0.331. The van der Waals surface area contributed by atoms with Crippen molar-refractivity contribution in [3.63, 3.8) is 0 Å². The highest BCUT2D eigenvalue weighted by atomic mass is 16.2. The second-order valence-corrected chi connectivity index (χ2v) is 6.45. The monoisotopic (exact) mass is 282 g/mol. The molecule has 2 aliphatic heterocycles. The Bertz CT molecular complexity index is 307. The summed E-state index contributed by atoms with van der Waals surface area (Å²) in [4.78, 5) is 21.3. The van der Waals surface area contributed by atoms with Crippen molar-refractivity contribution in [1.82, 2.24) is 19.6 Å². The molecule has 0 bridgehead atoms. The van der Waals surface area contributed by atoms with E-state index >= 15 is 0 Å². The summed E-state index contributed by atoms with van der Waals surface area (Å²) in [5.41, 5.74) is 0. The number of carbonyl (C=O) groups excluding carboxylic acids is 1. The summed E-state index contributed by atoms with van der Waals surface area (Å²) in [5.74, 6) is 0.331. The molecule has 0 aromatic carbocycles. The third-order valence-corrected chi connectivity index (χ3v) is 4.85. The van der Waals surface area contributed by atoms with Gasteiger partial charge in [-0.25, -0.2) is 0 Å². The summed E-state index contributed by atoms with van der Waals surface area (Å²) in [6.45, 7) is 7.08. The first-order valence-corrected chi connectivity index (χ1v) is 7.91. The molecule has 0 radical (unpaired) electrons. The van der Waals surface area contributed by atoms with Gasteiger partial charge in [0.15, 0.2) is 0 Å². The Hall–Kier alpha value is -0.650. The van der Waals surface area contributed by atoms with E-state index in [0.29, 0.717) is 18.4 Å². The van der Waals surface area contributed by atoms with E-state index in [2.05, 4.69) is 35.8 Å². The van der Waals surface area contributed by atoms with E-state index < -0.39 is 0 Å². The van der Waals surface area contributed by atoms with Crippen molar-refractivity contribution in [1.29, 1.82) is 0 Å². The Labute approximate surface area is 123 Å². The SMILES string of the molecule is CN1CCC(N(C)CCC(=O)N2CCN(C)CC2)CC1. The van der Waals surface area contributed by atoms with Crippen LogP contribution in [0.2, 0.25) is 0 Å². The lowest BCUT2D eigenvalue weighted by molar-refractivity contribution is -0.133. The number of rotatable bonds is 4. The zero-order valence-corrected chi connectivity index (χ0v) is 13.3. The predicted molar refractivity (Wildman–Crippen MR) is 81.8 cm³/mol. The van der Waals surface area contributed by atoms with Gasteiger partial charge >= 0.3 is 0 Å². The quantitative estimate of drug-likeness (QED) is 0.736. The van der Waals surface area contributed by atoms with E-state index in [-0.39, 0.29) is 0 Å². The molecular formula is C15H30N4O. The normalized spacial score (nSPS) is 23.5. The summed E-state index contributed by atoms with van der Waals surface area (Å²) in [6, 6.07) is 0.659. The Morgan fingerprint density at radius 2 is 1.55 bits per heavy atom. The van der Waals surface area contributed by atoms with E-state index in [0.717, 1.165) is 32.7 Å². The molecule has 2 fully saturated rings. The number of nitrogens with zero attached hydrogens (tertiary/aromatic N) is 4. The van der Waals surface area contributed by atoms with Crippen LogP contribution >= 0.6 is 0 Å². The molecule has 5 nitrogen and oxygen atoms in total. The predicted octanol–water partition coefficient (Wildman–Crippen LogP) is 0.177. The molecule has 0 aromatic rings. The number of carbonyl (C=O) groups is 1. The molecule has 0 aliphatic carbocycles. The lowest BCUT2D eigenvalue weighted by atomic mass is 10.0. The van der Waals surface area contributed by atoms with Gasteiger partial charge in [0.1, 0.15) is 0 Å². The van der Waals surface area contributed by atoms with Gasteiger partial charge in [-0.1, -0.05) is 0 Å². The van der Waals surface area contributed by atoms with Gasteiger partial charge in [-0.05, 0) is 47.1 Å². The van der Waals surface area contributed by atoms with Crippen molar-refractivity contribution >= 4 is 5.91 Å². The Morgan fingerprint density at radius 3 is 2.15 bits per heavy atom. The fourth-order valence-corrected chi connectivity index (χ4v) is 3.10. The van der Waals surface area contributed by atoms with E-state index in [1.807, 2.05) is 4.90 Å². The number of piperidine rings is 1. The van der Waals surface area contributed by atoms with Gasteiger partial charge in [0.2, 0.25) is 5.91 Å². The summed E-state index contributed by atoms with van der Waals surface area (Å²) in [7, 11) is 6.48. The molecule has 0 spiro atoms. The fraction of sp³-hybridized carbons (Fsp3) is 0.933. The van der Waals surface area contributed by atoms with Crippen molar-refractivity contribution in [2.24, 2.45) is 0 Å². The Kier molecular flexibility index (Phi) is 5.81. The molecule has 0 atom stereocenters. The molecule has 116 valence electrons. The van der Waals surface area contributed by atoms with Crippen LogP contribution in [-0.4, -0.2) is 98.5 Å². The van der Waals surface area contributed by atoms with Crippen molar-refractivity contribution in [3.05, 3.63) is 0 Å². The molecule has 5 heteroatoms. The molecule has 2 heterocycles. The van der Waals surface area contributed by atoms with Gasteiger partial charge in [0.25, 0.3) is 0 Å². The minimum atomic E-state index is 0.331. The van der Waals surface area contributed by atoms with Crippen LogP contribution in [0.1, 0.15) is 19.3 Å². The van der Waals surface area contributed by atoms with Crippen LogP contribution in [0.5, 0.6) is 0 Å². The lowest BCUT2D eigenvalue weighted by Gasteiger charge is -2.36. The molecule has 0 saturated carbocycles. The Balaban J connectivity index is 1.67. The number of hydrogen-bond donors (Lipinski definition) is 0. The first-order valence-electron chi connectivity index (χ1n) is 7.91. The topological polar surface area (TPSA) is 30.0 Å². The highest BCUT2D eigenvalue weighted by Gasteiger charge is 2.23. The molecule has 20 heavy (non-hydrogen) atoms.